The number of piperidine rings is 2. The summed E-state index contributed by atoms with van der Waals surface area (Å²) < 4.78 is 66.5. The van der Waals surface area contributed by atoms with Crippen molar-refractivity contribution in [2.75, 3.05) is 49.1 Å². The number of alkyl halides is 3. The minimum atomic E-state index is -4.73. The van der Waals surface area contributed by atoms with Crippen molar-refractivity contribution < 1.29 is 25.8 Å². The van der Waals surface area contributed by atoms with E-state index in [1.165, 1.54) is 4.90 Å². The van der Waals surface area contributed by atoms with Crippen LogP contribution in [0, 0.1) is 0 Å². The molecular weight excluding hydrogens is 545 g/mol. The molecule has 2 aromatic rings. The van der Waals surface area contributed by atoms with Crippen LogP contribution in [0.5, 0.6) is 11.8 Å². The van der Waals surface area contributed by atoms with Crippen LogP contribution in [0.2, 0.25) is 5.02 Å². The van der Waals surface area contributed by atoms with Crippen molar-refractivity contribution in [3.8, 4) is 11.8 Å². The van der Waals surface area contributed by atoms with E-state index < -0.39 is 28.9 Å². The highest BCUT2D eigenvalue weighted by molar-refractivity contribution is 6.32. The molecule has 6 aliphatic heterocycles. The molecule has 216 valence electrons. The molecule has 5 saturated heterocycles. The summed E-state index contributed by atoms with van der Waals surface area (Å²) in [6.07, 6.45) is 0.866. The molecule has 2 atom stereocenters. The first kappa shape index (κ1) is 24.1. The summed E-state index contributed by atoms with van der Waals surface area (Å²) in [6, 6.07) is 2.40. The Balaban J connectivity index is 1.28. The van der Waals surface area contributed by atoms with Crippen LogP contribution in [0.25, 0.3) is 0 Å². The number of hydrogen-bond donors (Lipinski definition) is 2. The second-order valence-corrected chi connectivity index (χ2v) is 12.1. The second-order valence-electron chi connectivity index (χ2n) is 11.7. The number of halogens is 4. The molecule has 0 aliphatic carbocycles. The van der Waals surface area contributed by atoms with E-state index in [0.717, 1.165) is 69.6 Å². The molecule has 2 N–H and O–H groups in total. The number of phenols is 1. The van der Waals surface area contributed by atoms with Gasteiger partial charge in [0.1, 0.15) is 18.1 Å². The van der Waals surface area contributed by atoms with Crippen LogP contribution in [-0.2, 0) is 19.1 Å². The Morgan fingerprint density at radius 3 is 2.65 bits per heavy atom. The van der Waals surface area contributed by atoms with Gasteiger partial charge in [-0.2, -0.15) is 23.1 Å². The van der Waals surface area contributed by atoms with Crippen molar-refractivity contribution in [2.24, 2.45) is 0 Å². The Kier molecular flexibility index (Phi) is 5.91. The number of aromatic hydroxyl groups is 1. The second kappa shape index (κ2) is 9.80. The Morgan fingerprint density at radius 2 is 1.98 bits per heavy atom. The Hall–Kier alpha value is -2.50. The van der Waals surface area contributed by atoms with Gasteiger partial charge in [0.25, 0.3) is 0 Å². The number of phenolic OH excluding ortho intramolecular Hbond substituents is 1. The average molecular weight is 581 g/mol. The van der Waals surface area contributed by atoms with Gasteiger partial charge in [-0.15, -0.1) is 0 Å². The molecule has 12 heteroatoms. The predicted octanol–water partition coefficient (Wildman–Crippen LogP) is 4.36. The molecule has 0 saturated carbocycles. The lowest BCUT2D eigenvalue weighted by atomic mass is 9.92. The van der Waals surface area contributed by atoms with Gasteiger partial charge >= 0.3 is 12.2 Å². The van der Waals surface area contributed by atoms with E-state index in [0.29, 0.717) is 36.8 Å². The van der Waals surface area contributed by atoms with Crippen molar-refractivity contribution in [1.29, 1.82) is 0 Å². The maximum absolute atomic E-state index is 14.1. The lowest BCUT2D eigenvalue weighted by Gasteiger charge is -2.47. The molecule has 2 unspecified atom stereocenters. The minimum Gasteiger partial charge on any atom is -0.508 e. The zero-order chi connectivity index (χ0) is 29.4. The molecule has 2 bridgehead atoms. The summed E-state index contributed by atoms with van der Waals surface area (Å²) in [6.45, 7) is 1.39. The molecule has 1 aromatic carbocycles. The fourth-order valence-electron chi connectivity index (χ4n) is 7.37. The van der Waals surface area contributed by atoms with Crippen LogP contribution in [0.15, 0.2) is 12.1 Å². The highest BCUT2D eigenvalue weighted by Crippen LogP contribution is 2.45. The van der Waals surface area contributed by atoms with Crippen LogP contribution in [0.4, 0.5) is 24.7 Å². The van der Waals surface area contributed by atoms with Gasteiger partial charge in [0.2, 0.25) is 0 Å². The van der Waals surface area contributed by atoms with Gasteiger partial charge in [-0.3, -0.25) is 4.90 Å². The number of nitrogens with one attached hydrogen (secondary N) is 1. The third-order valence-corrected chi connectivity index (χ3v) is 9.59. The highest BCUT2D eigenvalue weighted by Gasteiger charge is 2.45. The molecule has 1 aromatic heterocycles. The smallest absolute Gasteiger partial charge is 0.419 e. The van der Waals surface area contributed by atoms with Crippen molar-refractivity contribution >= 4 is 23.1 Å². The fourth-order valence-corrected chi connectivity index (χ4v) is 7.68. The van der Waals surface area contributed by atoms with E-state index in [1.54, 1.807) is 0 Å². The maximum atomic E-state index is 14.1. The fraction of sp³-hybridized carbons (Fsp3) is 0.643. The summed E-state index contributed by atoms with van der Waals surface area (Å²) in [5, 5.41) is 13.1. The number of hydrogen-bond acceptors (Lipinski definition) is 8. The van der Waals surface area contributed by atoms with Crippen LogP contribution in [-0.4, -0.2) is 76.9 Å². The topological polar surface area (TPSA) is 77.0 Å². The van der Waals surface area contributed by atoms with E-state index in [-0.39, 0.29) is 36.6 Å². The van der Waals surface area contributed by atoms with E-state index >= 15 is 0 Å². The number of benzene rings is 1. The average Bonchev–Trinajstić information content (AvgIpc) is 3.54. The first-order valence-electron chi connectivity index (χ1n) is 15.1. The summed E-state index contributed by atoms with van der Waals surface area (Å²) in [5.41, 5.74) is -0.636. The zero-order valence-electron chi connectivity index (χ0n) is 24.1. The predicted molar refractivity (Wildman–Crippen MR) is 145 cm³/mol. The molecule has 0 radical (unpaired) electrons. The van der Waals surface area contributed by atoms with Crippen molar-refractivity contribution in [3.05, 3.63) is 34.0 Å². The third kappa shape index (κ3) is 4.54. The quantitative estimate of drug-likeness (QED) is 0.540. The molecule has 5 fully saturated rings. The van der Waals surface area contributed by atoms with E-state index in [1.807, 2.05) is 0 Å². The van der Waals surface area contributed by atoms with Gasteiger partial charge in [-0.1, -0.05) is 11.6 Å². The molecule has 7 heterocycles. The molecule has 6 aliphatic rings. The summed E-state index contributed by atoms with van der Waals surface area (Å²) >= 11 is 5.99. The van der Waals surface area contributed by atoms with Gasteiger partial charge in [0.15, 0.2) is 0 Å². The number of rotatable bonds is 5. The van der Waals surface area contributed by atoms with E-state index in [9.17, 15) is 18.3 Å². The van der Waals surface area contributed by atoms with Gasteiger partial charge < -0.3 is 25.0 Å². The van der Waals surface area contributed by atoms with Crippen LogP contribution in [0.1, 0.15) is 58.1 Å². The molecular formula is C28H34ClF3N6O2. The van der Waals surface area contributed by atoms with Crippen LogP contribution in [0.3, 0.4) is 0 Å². The number of aromatic nitrogens is 2. The number of fused-ring (bicyclic) bond motifs is 5. The highest BCUT2D eigenvalue weighted by atomic mass is 35.5. The van der Waals surface area contributed by atoms with Crippen LogP contribution < -0.4 is 19.9 Å². The number of anilines is 2. The van der Waals surface area contributed by atoms with Gasteiger partial charge in [-0.25, -0.2) is 0 Å². The third-order valence-electron chi connectivity index (χ3n) is 9.30. The standard InChI is InChI=1S/C28H34ClF3N6O2/c29-21-11-19(39)12-23(24(21)28(30,31)32)36-10-5-20-22(15-36)34-26(40-16-27-6-1-8-37(27)9-2-7-27)35-25(20)38-14-17-3-4-18(38)13-33-17/h11-12,17-18,33,39H,1-10,13-16H2/i16D2. The van der Waals surface area contributed by atoms with Crippen molar-refractivity contribution in [3.63, 3.8) is 0 Å². The van der Waals surface area contributed by atoms with E-state index in [2.05, 4.69) is 20.1 Å². The van der Waals surface area contributed by atoms with Crippen molar-refractivity contribution in [1.82, 2.24) is 20.2 Å². The largest absolute Gasteiger partial charge is 0.508 e. The first-order valence-corrected chi connectivity index (χ1v) is 14.5. The lowest BCUT2D eigenvalue weighted by molar-refractivity contribution is -0.137. The number of nitrogens with zero attached hydrogens (tertiary/aromatic N) is 5. The Bertz CT molecular complexity index is 1380. The Morgan fingerprint density at radius 1 is 1.18 bits per heavy atom. The normalized spacial score (nSPS) is 26.9. The van der Waals surface area contributed by atoms with E-state index in [4.69, 9.17) is 24.1 Å². The van der Waals surface area contributed by atoms with Gasteiger partial charge in [-0.05, 0) is 64.1 Å². The zero-order valence-corrected chi connectivity index (χ0v) is 22.9. The molecule has 8 nitrogen and oxygen atoms in total. The molecule has 0 amide bonds. The van der Waals surface area contributed by atoms with Crippen LogP contribution >= 0.6 is 11.6 Å². The van der Waals surface area contributed by atoms with Gasteiger partial charge in [0.05, 0.1) is 36.8 Å². The van der Waals surface area contributed by atoms with Crippen molar-refractivity contribution in [2.45, 2.75) is 75.3 Å². The number of ether oxygens (including phenoxy) is 1. The number of piperazine rings is 1. The first-order chi connectivity index (χ1) is 19.9. The van der Waals surface area contributed by atoms with Gasteiger partial charge in [0, 0.05) is 43.3 Å². The summed E-state index contributed by atoms with van der Waals surface area (Å²) in [4.78, 5) is 15.4. The molecule has 40 heavy (non-hydrogen) atoms. The monoisotopic (exact) mass is 580 g/mol. The maximum Gasteiger partial charge on any atom is 0.419 e. The minimum absolute atomic E-state index is 0.00449. The summed E-state index contributed by atoms with van der Waals surface area (Å²) in [7, 11) is 0. The molecule has 0 spiro atoms. The summed E-state index contributed by atoms with van der Waals surface area (Å²) in [5.74, 6) is 0.321. The Labute approximate surface area is 239 Å². The lowest BCUT2D eigenvalue weighted by Crippen LogP contribution is -2.61. The SMILES string of the molecule is [2H]C([2H])(Oc1nc2c(c(N3CC4CCC3CN4)n1)CCN(c1cc(O)cc(Cl)c1C(F)(F)F)C2)C12CCCN1CCC2. The molecule has 8 rings (SSSR count).